The zero-order valence-corrected chi connectivity index (χ0v) is 19.7. The Bertz CT molecular complexity index is 1620. The van der Waals surface area contributed by atoms with Crippen LogP contribution in [-0.2, 0) is 4.79 Å². The van der Waals surface area contributed by atoms with Gasteiger partial charge in [-0.25, -0.2) is 18.9 Å². The van der Waals surface area contributed by atoms with E-state index >= 15 is 0 Å². The third kappa shape index (κ3) is 4.37. The van der Waals surface area contributed by atoms with E-state index in [1.54, 1.807) is 47.1 Å². The Morgan fingerprint density at radius 1 is 1.03 bits per heavy atom. The quantitative estimate of drug-likeness (QED) is 0.288. The fraction of sp³-hybridized carbons (Fsp3) is 0. The summed E-state index contributed by atoms with van der Waals surface area (Å²) in [7, 11) is 0. The second-order valence-electron chi connectivity index (χ2n) is 7.45. The lowest BCUT2D eigenvalue weighted by molar-refractivity contribution is -0.120. The maximum absolute atomic E-state index is 13.5. The molecule has 5 aromatic rings. The molecule has 178 valence electrons. The minimum Gasteiger partial charge on any atom is -0.426 e. The number of hydrogen-bond acceptors (Lipinski definition) is 6. The van der Waals surface area contributed by atoms with E-state index in [0.29, 0.717) is 28.2 Å². The molecule has 8 nitrogen and oxygen atoms in total. The highest BCUT2D eigenvalue weighted by atomic mass is 35.5. The maximum Gasteiger partial charge on any atom is 0.298 e. The Kier molecular flexibility index (Phi) is 6.32. The molecular weight excluding hydrogens is 508 g/mol. The number of fused-ring (bicyclic) bond motifs is 1. The van der Waals surface area contributed by atoms with Gasteiger partial charge < -0.3 is 10.1 Å². The highest BCUT2D eigenvalue weighted by Gasteiger charge is 2.21. The zero-order valence-electron chi connectivity index (χ0n) is 18.2. The number of ether oxygens (including phenoxy) is 1. The molecule has 1 N–H and O–H groups in total. The summed E-state index contributed by atoms with van der Waals surface area (Å²) in [6.45, 7) is 0.155. The van der Waals surface area contributed by atoms with E-state index in [2.05, 4.69) is 20.4 Å². The van der Waals surface area contributed by atoms with Crippen LogP contribution in [-0.4, -0.2) is 32.0 Å². The Morgan fingerprint density at radius 3 is 2.61 bits per heavy atom. The first-order valence-electron chi connectivity index (χ1n) is 10.4. The largest absolute Gasteiger partial charge is 0.426 e. The predicted octanol–water partition coefficient (Wildman–Crippen LogP) is 5.69. The van der Waals surface area contributed by atoms with Gasteiger partial charge in [-0.3, -0.25) is 9.59 Å². The molecule has 0 radical (unpaired) electrons. The normalized spacial score (nSPS) is 10.9. The first-order valence-corrected chi connectivity index (χ1v) is 11.2. The minimum atomic E-state index is -0.620. The zero-order chi connectivity index (χ0) is 25.2. The number of halogens is 3. The Hall–Kier alpha value is -4.34. The van der Waals surface area contributed by atoms with E-state index in [9.17, 15) is 14.0 Å². The molecule has 0 aliphatic carbocycles. The van der Waals surface area contributed by atoms with E-state index < -0.39 is 5.91 Å². The number of amides is 1. The molecule has 5 rings (SSSR count). The van der Waals surface area contributed by atoms with E-state index in [0.717, 1.165) is 0 Å². The fourth-order valence-corrected chi connectivity index (χ4v) is 4.02. The lowest BCUT2D eigenvalue weighted by Crippen LogP contribution is -2.14. The van der Waals surface area contributed by atoms with Crippen LogP contribution in [0.1, 0.15) is 10.4 Å². The van der Waals surface area contributed by atoms with Crippen LogP contribution in [0.3, 0.4) is 0 Å². The van der Waals surface area contributed by atoms with Gasteiger partial charge in [0.2, 0.25) is 0 Å². The van der Waals surface area contributed by atoms with Crippen molar-refractivity contribution < 1.29 is 18.7 Å². The van der Waals surface area contributed by atoms with Gasteiger partial charge in [0.15, 0.2) is 11.4 Å². The SMILES string of the molecule is O=COc1c(C(=O)Nc2cc(-c3c(-c4ccc(F)cc4)nc4cccnn34)ccn2)ccc(Cl)c1Cl. The van der Waals surface area contributed by atoms with Crippen LogP contribution in [0.15, 0.2) is 73.1 Å². The summed E-state index contributed by atoms with van der Waals surface area (Å²) in [5, 5.41) is 7.13. The molecule has 0 aliphatic heterocycles. The lowest BCUT2D eigenvalue weighted by Gasteiger charge is -2.11. The minimum absolute atomic E-state index is 0.00725. The van der Waals surface area contributed by atoms with Crippen LogP contribution in [0.25, 0.3) is 28.2 Å². The first kappa shape index (κ1) is 23.4. The number of rotatable bonds is 6. The number of hydrogen-bond donors (Lipinski definition) is 1. The van der Waals surface area contributed by atoms with Gasteiger partial charge in [0, 0.05) is 23.5 Å². The number of carbonyl (C=O) groups is 2. The molecule has 0 fully saturated rings. The highest BCUT2D eigenvalue weighted by molar-refractivity contribution is 6.43. The molecule has 0 bridgehead atoms. The van der Waals surface area contributed by atoms with Crippen molar-refractivity contribution in [2.45, 2.75) is 0 Å². The molecule has 11 heteroatoms. The van der Waals surface area contributed by atoms with Crippen molar-refractivity contribution in [3.63, 3.8) is 0 Å². The summed E-state index contributed by atoms with van der Waals surface area (Å²) >= 11 is 12.1. The number of aromatic nitrogens is 4. The van der Waals surface area contributed by atoms with Crippen molar-refractivity contribution >= 4 is 47.0 Å². The molecule has 0 atom stereocenters. The molecule has 0 saturated heterocycles. The van der Waals surface area contributed by atoms with Crippen LogP contribution in [0.2, 0.25) is 10.0 Å². The summed E-state index contributed by atoms with van der Waals surface area (Å²) in [5.74, 6) is -0.949. The number of anilines is 1. The molecule has 3 heterocycles. The summed E-state index contributed by atoms with van der Waals surface area (Å²) < 4.78 is 20.1. The molecule has 1 amide bonds. The van der Waals surface area contributed by atoms with Gasteiger partial charge >= 0.3 is 0 Å². The summed E-state index contributed by atoms with van der Waals surface area (Å²) in [6, 6.07) is 15.7. The average Bonchev–Trinajstić information content (AvgIpc) is 3.27. The molecule has 0 spiro atoms. The monoisotopic (exact) mass is 521 g/mol. The van der Waals surface area contributed by atoms with Crippen molar-refractivity contribution in [1.29, 1.82) is 0 Å². The number of benzene rings is 2. The Balaban J connectivity index is 1.56. The van der Waals surface area contributed by atoms with Gasteiger partial charge in [0.1, 0.15) is 22.4 Å². The van der Waals surface area contributed by atoms with Gasteiger partial charge in [0.05, 0.1) is 16.3 Å². The number of imidazole rings is 1. The molecule has 3 aromatic heterocycles. The van der Waals surface area contributed by atoms with Crippen LogP contribution in [0.5, 0.6) is 5.75 Å². The standard InChI is InChI=1S/C25H14Cl2FN5O3/c26-18-8-7-17(24(21(18)27)36-13-34)25(35)31-19-12-15(9-11-29-19)23-22(14-3-5-16(28)6-4-14)32-20-2-1-10-30-33(20)23/h1-13H,(H,29,31,35). The van der Waals surface area contributed by atoms with Crippen molar-refractivity contribution in [2.24, 2.45) is 0 Å². The van der Waals surface area contributed by atoms with Crippen LogP contribution in [0, 0.1) is 5.82 Å². The molecule has 36 heavy (non-hydrogen) atoms. The molecule has 0 saturated carbocycles. The Morgan fingerprint density at radius 2 is 1.83 bits per heavy atom. The van der Waals surface area contributed by atoms with E-state index in [1.807, 2.05) is 0 Å². The Labute approximate surface area is 213 Å². The number of nitrogens with one attached hydrogen (secondary N) is 1. The number of pyridine rings is 1. The van der Waals surface area contributed by atoms with Gasteiger partial charge in [-0.2, -0.15) is 5.10 Å². The maximum atomic E-state index is 13.5. The number of carbonyl (C=O) groups excluding carboxylic acids is 2. The highest BCUT2D eigenvalue weighted by Crippen LogP contribution is 2.36. The van der Waals surface area contributed by atoms with Gasteiger partial charge in [-0.15, -0.1) is 0 Å². The first-order chi connectivity index (χ1) is 17.5. The fourth-order valence-electron chi connectivity index (χ4n) is 3.66. The molecule has 0 aliphatic rings. The second kappa shape index (κ2) is 9.73. The second-order valence-corrected chi connectivity index (χ2v) is 8.23. The van der Waals surface area contributed by atoms with Gasteiger partial charge in [-0.05, 0) is 60.7 Å². The van der Waals surface area contributed by atoms with Crippen molar-refractivity contribution in [2.75, 3.05) is 5.32 Å². The predicted molar refractivity (Wildman–Crippen MR) is 133 cm³/mol. The molecule has 2 aromatic carbocycles. The third-order valence-electron chi connectivity index (χ3n) is 5.25. The van der Waals surface area contributed by atoms with E-state index in [-0.39, 0.29) is 39.5 Å². The van der Waals surface area contributed by atoms with Crippen LogP contribution in [0.4, 0.5) is 10.2 Å². The summed E-state index contributed by atoms with van der Waals surface area (Å²) in [5.41, 5.74) is 3.10. The van der Waals surface area contributed by atoms with Crippen molar-refractivity contribution in [3.8, 4) is 28.3 Å². The van der Waals surface area contributed by atoms with E-state index in [1.165, 1.54) is 30.5 Å². The van der Waals surface area contributed by atoms with Gasteiger partial charge in [0.25, 0.3) is 12.4 Å². The van der Waals surface area contributed by atoms with Crippen LogP contribution >= 0.6 is 23.2 Å². The van der Waals surface area contributed by atoms with Crippen LogP contribution < -0.4 is 10.1 Å². The molecule has 0 unspecified atom stereocenters. The van der Waals surface area contributed by atoms with Crippen molar-refractivity contribution in [1.82, 2.24) is 19.6 Å². The smallest absolute Gasteiger partial charge is 0.298 e. The van der Waals surface area contributed by atoms with Crippen molar-refractivity contribution in [3.05, 3.63) is 94.5 Å². The average molecular weight is 522 g/mol. The topological polar surface area (TPSA) is 98.5 Å². The molecular formula is C25H14Cl2FN5O3. The van der Waals surface area contributed by atoms with Gasteiger partial charge in [-0.1, -0.05) is 23.2 Å². The number of nitrogens with zero attached hydrogens (tertiary/aromatic N) is 4. The third-order valence-corrected chi connectivity index (χ3v) is 6.03. The lowest BCUT2D eigenvalue weighted by atomic mass is 10.1. The van der Waals surface area contributed by atoms with E-state index in [4.69, 9.17) is 27.9 Å². The summed E-state index contributed by atoms with van der Waals surface area (Å²) in [6.07, 6.45) is 3.13. The summed E-state index contributed by atoms with van der Waals surface area (Å²) in [4.78, 5) is 32.8.